The van der Waals surface area contributed by atoms with Crippen LogP contribution in [0.3, 0.4) is 0 Å². The minimum atomic E-state index is -0.493. The van der Waals surface area contributed by atoms with Gasteiger partial charge >= 0.3 is 0 Å². The predicted octanol–water partition coefficient (Wildman–Crippen LogP) is 2.95. The lowest BCUT2D eigenvalue weighted by molar-refractivity contribution is -0.121. The molecule has 1 atom stereocenters. The Kier molecular flexibility index (Phi) is 4.72. The molecule has 1 aromatic heterocycles. The number of hydrogen-bond donors (Lipinski definition) is 3. The van der Waals surface area contributed by atoms with Crippen LogP contribution in [-0.2, 0) is 4.79 Å². The Morgan fingerprint density at radius 2 is 2.00 bits per heavy atom. The van der Waals surface area contributed by atoms with Crippen LogP contribution in [0, 0.1) is 0 Å². The second-order valence-electron chi connectivity index (χ2n) is 5.15. The van der Waals surface area contributed by atoms with Crippen molar-refractivity contribution >= 4 is 38.8 Å². The molecule has 24 heavy (non-hydrogen) atoms. The smallest absolute Gasteiger partial charge is 0.262 e. The van der Waals surface area contributed by atoms with Gasteiger partial charge < -0.3 is 10.4 Å². The van der Waals surface area contributed by atoms with E-state index in [2.05, 4.69) is 20.8 Å². The van der Waals surface area contributed by atoms with Crippen molar-refractivity contribution in [3.63, 3.8) is 0 Å². The Bertz CT molecular complexity index is 858. The Balaban J connectivity index is 1.59. The van der Waals surface area contributed by atoms with E-state index in [1.54, 1.807) is 31.2 Å². The number of nitrogens with zero attached hydrogens (tertiary/aromatic N) is 2. The van der Waals surface area contributed by atoms with E-state index in [-0.39, 0.29) is 11.7 Å². The monoisotopic (exact) mass is 340 g/mol. The number of thiazole rings is 1. The molecule has 0 fully saturated rings. The van der Waals surface area contributed by atoms with Crippen LogP contribution >= 0.6 is 11.3 Å². The van der Waals surface area contributed by atoms with Gasteiger partial charge in [0.05, 0.1) is 16.4 Å². The third-order valence-electron chi connectivity index (χ3n) is 3.34. The Hall–Kier alpha value is -2.93. The van der Waals surface area contributed by atoms with Gasteiger partial charge in [-0.3, -0.25) is 4.79 Å². The van der Waals surface area contributed by atoms with Crippen LogP contribution in [0.15, 0.2) is 53.6 Å². The van der Waals surface area contributed by atoms with E-state index < -0.39 is 6.04 Å². The van der Waals surface area contributed by atoms with Gasteiger partial charge in [-0.2, -0.15) is 5.10 Å². The maximum absolute atomic E-state index is 12.1. The second-order valence-corrected chi connectivity index (χ2v) is 6.18. The summed E-state index contributed by atoms with van der Waals surface area (Å²) in [6.45, 7) is 1.73. The summed E-state index contributed by atoms with van der Waals surface area (Å²) in [6, 6.07) is 14.1. The highest BCUT2D eigenvalue weighted by Gasteiger charge is 2.14. The first-order valence-electron chi connectivity index (χ1n) is 7.36. The molecule has 0 spiro atoms. The average molecular weight is 340 g/mol. The molecule has 0 saturated carbocycles. The predicted molar refractivity (Wildman–Crippen MR) is 96.5 cm³/mol. The minimum Gasteiger partial charge on any atom is -0.507 e. The van der Waals surface area contributed by atoms with Crippen LogP contribution < -0.4 is 10.7 Å². The number of amides is 1. The molecule has 3 aromatic rings. The second kappa shape index (κ2) is 7.10. The highest BCUT2D eigenvalue weighted by molar-refractivity contribution is 7.22. The van der Waals surface area contributed by atoms with Crippen LogP contribution in [0.4, 0.5) is 5.13 Å². The summed E-state index contributed by atoms with van der Waals surface area (Å²) in [5, 5.41) is 17.2. The molecule has 1 heterocycles. The van der Waals surface area contributed by atoms with Crippen LogP contribution in [0.2, 0.25) is 0 Å². The largest absolute Gasteiger partial charge is 0.507 e. The fourth-order valence-corrected chi connectivity index (χ4v) is 3.00. The number of phenolic OH excluding ortho intramolecular Hbond substituents is 1. The number of carbonyl (C=O) groups is 1. The van der Waals surface area contributed by atoms with Crippen molar-refractivity contribution in [3.05, 3.63) is 54.1 Å². The van der Waals surface area contributed by atoms with Gasteiger partial charge in [-0.25, -0.2) is 10.4 Å². The summed E-state index contributed by atoms with van der Waals surface area (Å²) in [5.74, 6) is -0.183. The van der Waals surface area contributed by atoms with Gasteiger partial charge in [0.1, 0.15) is 11.8 Å². The highest BCUT2D eigenvalue weighted by atomic mass is 32.1. The number of hydrogen-bond acceptors (Lipinski definition) is 6. The van der Waals surface area contributed by atoms with Crippen LogP contribution in [0.5, 0.6) is 5.75 Å². The molecular formula is C17H16N4O2S. The molecule has 7 heteroatoms. The van der Waals surface area contributed by atoms with E-state index in [4.69, 9.17) is 0 Å². The van der Waals surface area contributed by atoms with Crippen LogP contribution in [0.25, 0.3) is 10.2 Å². The van der Waals surface area contributed by atoms with E-state index >= 15 is 0 Å². The van der Waals surface area contributed by atoms with Crippen molar-refractivity contribution in [2.45, 2.75) is 13.0 Å². The third-order valence-corrected chi connectivity index (χ3v) is 4.31. The lowest BCUT2D eigenvalue weighted by Crippen LogP contribution is -2.34. The van der Waals surface area contributed by atoms with Crippen molar-refractivity contribution in [1.82, 2.24) is 10.4 Å². The van der Waals surface area contributed by atoms with Gasteiger partial charge in [0.2, 0.25) is 0 Å². The summed E-state index contributed by atoms with van der Waals surface area (Å²) < 4.78 is 1.06. The summed E-state index contributed by atoms with van der Waals surface area (Å²) >= 11 is 1.49. The topological polar surface area (TPSA) is 86.6 Å². The molecular weight excluding hydrogens is 324 g/mol. The number of nitrogens with one attached hydrogen (secondary N) is 2. The molecule has 122 valence electrons. The van der Waals surface area contributed by atoms with E-state index in [1.165, 1.54) is 17.6 Å². The first-order valence-corrected chi connectivity index (χ1v) is 8.18. The fourth-order valence-electron chi connectivity index (χ4n) is 2.04. The summed E-state index contributed by atoms with van der Waals surface area (Å²) in [6.07, 6.45) is 1.40. The SMILES string of the molecule is C[C@@H](Nc1nc2ccccc2s1)C(=O)N/N=C/c1ccccc1O. The number of aromatic nitrogens is 1. The zero-order valence-corrected chi connectivity index (χ0v) is 13.7. The third kappa shape index (κ3) is 3.69. The quantitative estimate of drug-likeness (QED) is 0.492. The van der Waals surface area contributed by atoms with Crippen molar-refractivity contribution < 1.29 is 9.90 Å². The Morgan fingerprint density at radius 3 is 2.79 bits per heavy atom. The van der Waals surface area contributed by atoms with E-state index in [0.717, 1.165) is 10.2 Å². The minimum absolute atomic E-state index is 0.108. The number of phenols is 1. The Labute approximate surface area is 142 Å². The van der Waals surface area contributed by atoms with Gasteiger partial charge in [-0.05, 0) is 31.2 Å². The van der Waals surface area contributed by atoms with Crippen molar-refractivity contribution in [2.75, 3.05) is 5.32 Å². The summed E-state index contributed by atoms with van der Waals surface area (Å²) in [5.41, 5.74) is 3.88. The zero-order chi connectivity index (χ0) is 16.9. The number of hydrazone groups is 1. The molecule has 0 aliphatic heterocycles. The molecule has 6 nitrogen and oxygen atoms in total. The number of benzene rings is 2. The van der Waals surface area contributed by atoms with Crippen molar-refractivity contribution in [3.8, 4) is 5.75 Å². The first-order chi connectivity index (χ1) is 11.6. The number of fused-ring (bicyclic) bond motifs is 1. The number of rotatable bonds is 5. The van der Waals surface area contributed by atoms with Gasteiger partial charge in [0.25, 0.3) is 5.91 Å². The molecule has 0 unspecified atom stereocenters. The van der Waals surface area contributed by atoms with Gasteiger partial charge in [0, 0.05) is 5.56 Å². The zero-order valence-electron chi connectivity index (χ0n) is 12.9. The van der Waals surface area contributed by atoms with E-state index in [0.29, 0.717) is 10.7 Å². The molecule has 0 bridgehead atoms. The van der Waals surface area contributed by atoms with E-state index in [9.17, 15) is 9.90 Å². The number of para-hydroxylation sites is 2. The standard InChI is InChI=1S/C17H16N4O2S/c1-11(19-17-20-13-7-3-5-9-15(13)24-17)16(23)21-18-10-12-6-2-4-8-14(12)22/h2-11,22H,1H3,(H,19,20)(H,21,23)/b18-10+/t11-/m1/s1. The highest BCUT2D eigenvalue weighted by Crippen LogP contribution is 2.25. The van der Waals surface area contributed by atoms with Gasteiger partial charge in [-0.1, -0.05) is 35.6 Å². The molecule has 3 N–H and O–H groups in total. The maximum atomic E-state index is 12.1. The lowest BCUT2D eigenvalue weighted by atomic mass is 10.2. The maximum Gasteiger partial charge on any atom is 0.262 e. The van der Waals surface area contributed by atoms with Gasteiger partial charge in [0.15, 0.2) is 5.13 Å². The van der Waals surface area contributed by atoms with Crippen molar-refractivity contribution in [2.24, 2.45) is 5.10 Å². The molecule has 0 radical (unpaired) electrons. The molecule has 1 amide bonds. The molecule has 0 aliphatic rings. The average Bonchev–Trinajstić information content (AvgIpc) is 2.98. The molecule has 3 rings (SSSR count). The Morgan fingerprint density at radius 1 is 1.25 bits per heavy atom. The summed E-state index contributed by atoms with van der Waals surface area (Å²) in [7, 11) is 0. The van der Waals surface area contributed by atoms with Crippen molar-refractivity contribution in [1.29, 1.82) is 0 Å². The number of anilines is 1. The van der Waals surface area contributed by atoms with Gasteiger partial charge in [-0.15, -0.1) is 0 Å². The van der Waals surface area contributed by atoms with Crippen LogP contribution in [-0.4, -0.2) is 28.3 Å². The normalized spacial score (nSPS) is 12.4. The molecule has 0 saturated heterocycles. The summed E-state index contributed by atoms with van der Waals surface area (Å²) in [4.78, 5) is 16.5. The van der Waals surface area contributed by atoms with Crippen LogP contribution in [0.1, 0.15) is 12.5 Å². The number of aromatic hydroxyl groups is 1. The first kappa shape index (κ1) is 15.9. The number of carbonyl (C=O) groups excluding carboxylic acids is 1. The lowest BCUT2D eigenvalue weighted by Gasteiger charge is -2.10. The van der Waals surface area contributed by atoms with E-state index in [1.807, 2.05) is 24.3 Å². The fraction of sp³-hybridized carbons (Fsp3) is 0.118. The molecule has 0 aliphatic carbocycles. The molecule has 2 aromatic carbocycles.